The number of amides is 1. The second kappa shape index (κ2) is 7.59. The highest BCUT2D eigenvalue weighted by Crippen LogP contribution is 2.33. The molecule has 2 aliphatic heterocycles. The number of carbonyl (C=O) groups excluding carboxylic acids is 2. The van der Waals surface area contributed by atoms with Gasteiger partial charge in [0.2, 0.25) is 6.79 Å². The lowest BCUT2D eigenvalue weighted by Crippen LogP contribution is -2.56. The Labute approximate surface area is 166 Å². The highest BCUT2D eigenvalue weighted by atomic mass is 16.7. The highest BCUT2D eigenvalue weighted by Gasteiger charge is 2.31. The van der Waals surface area contributed by atoms with E-state index in [0.29, 0.717) is 35.8 Å². The molecule has 1 N–H and O–H groups in total. The van der Waals surface area contributed by atoms with E-state index < -0.39 is 23.5 Å². The maximum atomic E-state index is 13.2. The summed E-state index contributed by atoms with van der Waals surface area (Å²) in [5, 5.41) is 3.02. The summed E-state index contributed by atoms with van der Waals surface area (Å²) in [6, 6.07) is 6.27. The van der Waals surface area contributed by atoms with Crippen LogP contribution in [0.25, 0.3) is 5.69 Å². The van der Waals surface area contributed by atoms with Crippen LogP contribution in [0, 0.1) is 6.92 Å². The first kappa shape index (κ1) is 19.0. The first-order valence-electron chi connectivity index (χ1n) is 9.22. The maximum absolute atomic E-state index is 13.2. The van der Waals surface area contributed by atoms with Gasteiger partial charge < -0.3 is 24.4 Å². The monoisotopic (exact) mass is 399 g/mol. The Morgan fingerprint density at radius 1 is 1.21 bits per heavy atom. The van der Waals surface area contributed by atoms with Gasteiger partial charge in [0, 0.05) is 31.9 Å². The van der Waals surface area contributed by atoms with Crippen LogP contribution in [-0.2, 0) is 9.53 Å². The number of ether oxygens (including phenoxy) is 3. The molecule has 1 aromatic carbocycles. The number of pyridine rings is 1. The van der Waals surface area contributed by atoms with E-state index in [1.54, 1.807) is 37.4 Å². The van der Waals surface area contributed by atoms with Crippen molar-refractivity contribution in [2.45, 2.75) is 13.0 Å². The number of aromatic nitrogens is 1. The standard InChI is InChI=1S/C20H21N3O6/c1-12-5-7-23(13-3-4-15-16(9-13)29-11-28-15)19(25)17(12)18(24)22-8-6-21-14(10-22)20(26)27-2/h3-5,7,9,14,21H,6,8,10-11H2,1-2H3. The zero-order valence-corrected chi connectivity index (χ0v) is 16.1. The third-order valence-electron chi connectivity index (χ3n) is 5.10. The Kier molecular flexibility index (Phi) is 4.98. The number of fused-ring (bicyclic) bond motifs is 1. The van der Waals surface area contributed by atoms with Gasteiger partial charge in [-0.2, -0.15) is 0 Å². The van der Waals surface area contributed by atoms with Crippen LogP contribution in [0.2, 0.25) is 0 Å². The first-order chi connectivity index (χ1) is 14.0. The van der Waals surface area contributed by atoms with E-state index in [1.165, 1.54) is 16.6 Å². The average Bonchev–Trinajstić information content (AvgIpc) is 3.21. The molecular formula is C20H21N3O6. The van der Waals surface area contributed by atoms with Gasteiger partial charge >= 0.3 is 5.97 Å². The van der Waals surface area contributed by atoms with Gasteiger partial charge in [0.15, 0.2) is 11.5 Å². The second-order valence-corrected chi connectivity index (χ2v) is 6.87. The lowest BCUT2D eigenvalue weighted by molar-refractivity contribution is -0.144. The maximum Gasteiger partial charge on any atom is 0.324 e. The molecule has 1 unspecified atom stereocenters. The van der Waals surface area contributed by atoms with Gasteiger partial charge in [0.05, 0.1) is 12.8 Å². The van der Waals surface area contributed by atoms with Crippen LogP contribution in [-0.4, -0.2) is 60.9 Å². The average molecular weight is 399 g/mol. The Hall–Kier alpha value is -3.33. The lowest BCUT2D eigenvalue weighted by atomic mass is 10.1. The molecule has 1 amide bonds. The number of benzene rings is 1. The van der Waals surface area contributed by atoms with Crippen molar-refractivity contribution in [2.75, 3.05) is 33.5 Å². The van der Waals surface area contributed by atoms with Crippen LogP contribution in [0.1, 0.15) is 15.9 Å². The van der Waals surface area contributed by atoms with Crippen molar-refractivity contribution in [1.82, 2.24) is 14.8 Å². The molecule has 1 atom stereocenters. The zero-order chi connectivity index (χ0) is 20.5. The quantitative estimate of drug-likeness (QED) is 0.749. The number of rotatable bonds is 3. The van der Waals surface area contributed by atoms with Crippen molar-refractivity contribution < 1.29 is 23.8 Å². The molecule has 9 heteroatoms. The minimum absolute atomic E-state index is 0.0793. The fraction of sp³-hybridized carbons (Fsp3) is 0.350. The summed E-state index contributed by atoms with van der Waals surface area (Å²) < 4.78 is 16.8. The topological polar surface area (TPSA) is 99.1 Å². The number of methoxy groups -OCH3 is 1. The van der Waals surface area contributed by atoms with Crippen molar-refractivity contribution in [2.24, 2.45) is 0 Å². The Bertz CT molecular complexity index is 1030. The van der Waals surface area contributed by atoms with E-state index in [2.05, 4.69) is 5.32 Å². The van der Waals surface area contributed by atoms with E-state index in [4.69, 9.17) is 14.2 Å². The van der Waals surface area contributed by atoms with E-state index in [-0.39, 0.29) is 18.9 Å². The first-order valence-corrected chi connectivity index (χ1v) is 9.22. The molecule has 2 aromatic rings. The minimum atomic E-state index is -0.613. The van der Waals surface area contributed by atoms with Gasteiger partial charge in [-0.3, -0.25) is 19.0 Å². The van der Waals surface area contributed by atoms with Crippen molar-refractivity contribution in [3.63, 3.8) is 0 Å². The van der Waals surface area contributed by atoms with Crippen LogP contribution in [0.3, 0.4) is 0 Å². The summed E-state index contributed by atoms with van der Waals surface area (Å²) in [7, 11) is 1.30. The number of carbonyl (C=O) groups is 2. The number of piperazine rings is 1. The van der Waals surface area contributed by atoms with Gasteiger partial charge in [-0.05, 0) is 30.7 Å². The van der Waals surface area contributed by atoms with Crippen LogP contribution in [0.15, 0.2) is 35.3 Å². The molecule has 0 aliphatic carbocycles. The molecule has 3 heterocycles. The Balaban J connectivity index is 1.67. The van der Waals surface area contributed by atoms with Gasteiger partial charge in [-0.15, -0.1) is 0 Å². The second-order valence-electron chi connectivity index (χ2n) is 6.87. The predicted molar refractivity (Wildman–Crippen MR) is 103 cm³/mol. The molecule has 0 saturated carbocycles. The molecule has 9 nitrogen and oxygen atoms in total. The summed E-state index contributed by atoms with van der Waals surface area (Å²) in [5.74, 6) is 0.314. The van der Waals surface area contributed by atoms with E-state index in [1.807, 2.05) is 0 Å². The van der Waals surface area contributed by atoms with E-state index in [0.717, 1.165) is 0 Å². The molecule has 0 spiro atoms. The van der Waals surface area contributed by atoms with Gasteiger partial charge in [0.1, 0.15) is 11.6 Å². The van der Waals surface area contributed by atoms with Crippen molar-refractivity contribution >= 4 is 11.9 Å². The van der Waals surface area contributed by atoms with Crippen molar-refractivity contribution in [3.05, 3.63) is 51.9 Å². The predicted octanol–water partition coefficient (Wildman–Crippen LogP) is 0.462. The van der Waals surface area contributed by atoms with Gasteiger partial charge in [-0.25, -0.2) is 0 Å². The molecule has 1 saturated heterocycles. The minimum Gasteiger partial charge on any atom is -0.468 e. The van der Waals surface area contributed by atoms with Crippen LogP contribution >= 0.6 is 0 Å². The third-order valence-corrected chi connectivity index (χ3v) is 5.10. The van der Waals surface area contributed by atoms with Crippen LogP contribution in [0.4, 0.5) is 0 Å². The SMILES string of the molecule is COC(=O)C1CN(C(=O)c2c(C)ccn(-c3ccc4c(c3)OCO4)c2=O)CCN1. The summed E-state index contributed by atoms with van der Waals surface area (Å²) in [6.45, 7) is 2.83. The third kappa shape index (κ3) is 3.44. The van der Waals surface area contributed by atoms with Crippen molar-refractivity contribution in [1.29, 1.82) is 0 Å². The lowest BCUT2D eigenvalue weighted by Gasteiger charge is -2.32. The zero-order valence-electron chi connectivity index (χ0n) is 16.1. The molecule has 4 rings (SSSR count). The molecule has 1 aromatic heterocycles. The number of hydrogen-bond donors (Lipinski definition) is 1. The summed E-state index contributed by atoms with van der Waals surface area (Å²) >= 11 is 0. The Morgan fingerprint density at radius 2 is 2.00 bits per heavy atom. The van der Waals surface area contributed by atoms with Crippen LogP contribution < -0.4 is 20.3 Å². The summed E-state index contributed by atoms with van der Waals surface area (Å²) in [5.41, 5.74) is 0.795. The highest BCUT2D eigenvalue weighted by molar-refractivity contribution is 5.96. The summed E-state index contributed by atoms with van der Waals surface area (Å²) in [4.78, 5) is 39.7. The molecular weight excluding hydrogens is 378 g/mol. The molecule has 2 aliphatic rings. The number of nitrogens with one attached hydrogen (secondary N) is 1. The van der Waals surface area contributed by atoms with E-state index >= 15 is 0 Å². The largest absolute Gasteiger partial charge is 0.468 e. The molecule has 29 heavy (non-hydrogen) atoms. The fourth-order valence-corrected chi connectivity index (χ4v) is 3.52. The molecule has 152 valence electrons. The number of hydrogen-bond acceptors (Lipinski definition) is 7. The summed E-state index contributed by atoms with van der Waals surface area (Å²) in [6.07, 6.45) is 1.63. The molecule has 0 bridgehead atoms. The molecule has 1 fully saturated rings. The smallest absolute Gasteiger partial charge is 0.324 e. The van der Waals surface area contributed by atoms with Gasteiger partial charge in [0.25, 0.3) is 11.5 Å². The fourth-order valence-electron chi connectivity index (χ4n) is 3.52. The van der Waals surface area contributed by atoms with Crippen molar-refractivity contribution in [3.8, 4) is 17.2 Å². The normalized spacial score (nSPS) is 17.9. The van der Waals surface area contributed by atoms with Crippen LogP contribution in [0.5, 0.6) is 11.5 Å². The van der Waals surface area contributed by atoms with Gasteiger partial charge in [-0.1, -0.05) is 0 Å². The van der Waals surface area contributed by atoms with E-state index in [9.17, 15) is 14.4 Å². The number of nitrogens with zero attached hydrogens (tertiary/aromatic N) is 2. The number of esters is 1. The molecule has 0 radical (unpaired) electrons. The number of aryl methyl sites for hydroxylation is 1. The Morgan fingerprint density at radius 3 is 2.79 bits per heavy atom.